The van der Waals surface area contributed by atoms with Crippen molar-refractivity contribution >= 4 is 40.8 Å². The summed E-state index contributed by atoms with van der Waals surface area (Å²) in [6.07, 6.45) is 6.01. The minimum Gasteiger partial charge on any atom is -0.463 e. The third-order valence-corrected chi connectivity index (χ3v) is 7.39. The lowest BCUT2D eigenvalue weighted by Gasteiger charge is -2.21. The molecule has 1 aliphatic rings. The number of benzene rings is 2. The van der Waals surface area contributed by atoms with Gasteiger partial charge in [0.05, 0.1) is 19.1 Å². The van der Waals surface area contributed by atoms with Crippen molar-refractivity contribution in [3.63, 3.8) is 0 Å². The highest BCUT2D eigenvalue weighted by Crippen LogP contribution is 2.35. The number of primary amides is 1. The van der Waals surface area contributed by atoms with E-state index in [1.807, 2.05) is 56.6 Å². The van der Waals surface area contributed by atoms with E-state index in [4.69, 9.17) is 38.3 Å². The van der Waals surface area contributed by atoms with E-state index in [1.165, 1.54) is 19.3 Å². The molecule has 1 aliphatic carbocycles. The van der Waals surface area contributed by atoms with Gasteiger partial charge in [-0.15, -0.1) is 0 Å². The van der Waals surface area contributed by atoms with E-state index in [0.29, 0.717) is 22.6 Å². The van der Waals surface area contributed by atoms with Gasteiger partial charge in [-0.2, -0.15) is 0 Å². The first-order chi connectivity index (χ1) is 18.8. The topological polar surface area (TPSA) is 95.9 Å². The Kier molecular flexibility index (Phi) is 10.3. The number of halogens is 2. The molecule has 0 bridgehead atoms. The Morgan fingerprint density at radius 3 is 2.44 bits per heavy atom. The molecule has 4 N–H and O–H groups in total. The van der Waals surface area contributed by atoms with Crippen molar-refractivity contribution in [3.05, 3.63) is 87.3 Å². The molecule has 3 aromatic rings. The highest BCUT2D eigenvalue weighted by Gasteiger charge is 2.20. The fourth-order valence-electron chi connectivity index (χ4n) is 4.93. The lowest BCUT2D eigenvalue weighted by atomic mass is 9.88. The van der Waals surface area contributed by atoms with Crippen LogP contribution in [0.4, 0.5) is 5.69 Å². The summed E-state index contributed by atoms with van der Waals surface area (Å²) in [7, 11) is 4.04. The highest BCUT2D eigenvalue weighted by atomic mass is 35.5. The molecule has 1 amide bonds. The first-order valence-electron chi connectivity index (χ1n) is 13.4. The summed E-state index contributed by atoms with van der Waals surface area (Å²) in [6.45, 7) is 1.28. The minimum absolute atomic E-state index is 0.142. The number of nitrogens with one attached hydrogen (secondary N) is 2. The quantitative estimate of drug-likeness (QED) is 0.190. The Hall–Kier alpha value is -3.00. The lowest BCUT2D eigenvalue weighted by Crippen LogP contribution is -2.32. The summed E-state index contributed by atoms with van der Waals surface area (Å²) in [5.41, 5.74) is 8.22. The number of amides is 1. The van der Waals surface area contributed by atoms with Crippen LogP contribution in [0, 0.1) is 0 Å². The summed E-state index contributed by atoms with van der Waals surface area (Å²) in [5.74, 6) is 1.83. The normalized spacial score (nSPS) is 15.4. The van der Waals surface area contributed by atoms with Gasteiger partial charge in [-0.1, -0.05) is 60.7 Å². The molecule has 39 heavy (non-hydrogen) atoms. The van der Waals surface area contributed by atoms with Crippen molar-refractivity contribution in [2.45, 2.75) is 63.6 Å². The molecule has 1 unspecified atom stereocenters. The molecule has 0 saturated heterocycles. The molecule has 4 rings (SSSR count). The molecular formula is C30H37Cl2N5O2. The van der Waals surface area contributed by atoms with E-state index in [0.717, 1.165) is 53.7 Å². The summed E-state index contributed by atoms with van der Waals surface area (Å²) >= 11 is 12.6. The smallest absolute Gasteiger partial charge is 0.218 e. The maximum atomic E-state index is 11.9. The predicted octanol–water partition coefficient (Wildman–Crippen LogP) is 6.55. The summed E-state index contributed by atoms with van der Waals surface area (Å²) in [5, 5.41) is 7.95. The molecule has 1 atom stereocenters. The SMILES string of the molecule is CN(C)Cc1ccc(CN/C(=N/C2CCCCC2)Nc2ccc(C(CC(N)=O)c3ccc(Cl)cc3Cl)cc2)o1. The third kappa shape index (κ3) is 8.75. The second-order valence-corrected chi connectivity index (χ2v) is 11.2. The number of aliphatic imine (C=N–C) groups is 1. The summed E-state index contributed by atoms with van der Waals surface area (Å²) in [4.78, 5) is 19.0. The van der Waals surface area contributed by atoms with Crippen LogP contribution >= 0.6 is 23.2 Å². The number of hydrogen-bond acceptors (Lipinski definition) is 4. The average molecular weight is 571 g/mol. The fourth-order valence-corrected chi connectivity index (χ4v) is 5.47. The molecular weight excluding hydrogens is 533 g/mol. The van der Waals surface area contributed by atoms with Crippen LogP contribution in [-0.4, -0.2) is 36.9 Å². The number of rotatable bonds is 10. The number of nitrogens with two attached hydrogens (primary N) is 1. The zero-order valence-corrected chi connectivity index (χ0v) is 24.1. The van der Waals surface area contributed by atoms with Crippen LogP contribution in [-0.2, 0) is 17.9 Å². The molecule has 1 saturated carbocycles. The highest BCUT2D eigenvalue weighted by molar-refractivity contribution is 6.35. The predicted molar refractivity (Wildman–Crippen MR) is 159 cm³/mol. The van der Waals surface area contributed by atoms with Gasteiger partial charge in [0.1, 0.15) is 11.5 Å². The first-order valence-corrected chi connectivity index (χ1v) is 14.2. The van der Waals surface area contributed by atoms with Crippen molar-refractivity contribution < 1.29 is 9.21 Å². The van der Waals surface area contributed by atoms with Gasteiger partial charge < -0.3 is 25.7 Å². The molecule has 1 fully saturated rings. The van der Waals surface area contributed by atoms with E-state index in [-0.39, 0.29) is 12.3 Å². The van der Waals surface area contributed by atoms with Gasteiger partial charge >= 0.3 is 0 Å². The first kappa shape index (κ1) is 29.0. The van der Waals surface area contributed by atoms with Crippen LogP contribution in [0.5, 0.6) is 0 Å². The second kappa shape index (κ2) is 13.9. The number of nitrogens with zero attached hydrogens (tertiary/aromatic N) is 2. The Balaban J connectivity index is 1.50. The number of hydrogen-bond donors (Lipinski definition) is 3. The van der Waals surface area contributed by atoms with E-state index < -0.39 is 5.91 Å². The minimum atomic E-state index is -0.397. The Bertz CT molecular complexity index is 1270. The van der Waals surface area contributed by atoms with E-state index in [9.17, 15) is 4.79 Å². The van der Waals surface area contributed by atoms with Gasteiger partial charge in [0, 0.05) is 28.1 Å². The van der Waals surface area contributed by atoms with Gasteiger partial charge in [0.25, 0.3) is 0 Å². The van der Waals surface area contributed by atoms with Crippen LogP contribution in [0.3, 0.4) is 0 Å². The van der Waals surface area contributed by atoms with Crippen molar-refractivity contribution in [3.8, 4) is 0 Å². The Morgan fingerprint density at radius 2 is 1.77 bits per heavy atom. The number of guanidine groups is 1. The van der Waals surface area contributed by atoms with Gasteiger partial charge in [-0.05, 0) is 74.5 Å². The third-order valence-electron chi connectivity index (χ3n) is 6.82. The molecule has 9 heteroatoms. The lowest BCUT2D eigenvalue weighted by molar-refractivity contribution is -0.118. The molecule has 0 radical (unpaired) electrons. The molecule has 7 nitrogen and oxygen atoms in total. The molecule has 208 valence electrons. The maximum Gasteiger partial charge on any atom is 0.218 e. The number of carbonyl (C=O) groups excluding carboxylic acids is 1. The summed E-state index contributed by atoms with van der Waals surface area (Å²) < 4.78 is 5.97. The van der Waals surface area contributed by atoms with E-state index >= 15 is 0 Å². The zero-order valence-electron chi connectivity index (χ0n) is 22.6. The van der Waals surface area contributed by atoms with Crippen LogP contribution in [0.25, 0.3) is 0 Å². The molecule has 1 aromatic heterocycles. The monoisotopic (exact) mass is 569 g/mol. The molecule has 1 heterocycles. The van der Waals surface area contributed by atoms with Crippen molar-refractivity contribution in [2.24, 2.45) is 10.7 Å². The van der Waals surface area contributed by atoms with Crippen molar-refractivity contribution in [1.29, 1.82) is 0 Å². The number of carbonyl (C=O) groups is 1. The average Bonchev–Trinajstić information content (AvgIpc) is 3.34. The largest absolute Gasteiger partial charge is 0.463 e. The van der Waals surface area contributed by atoms with Gasteiger partial charge in [0.2, 0.25) is 5.91 Å². The maximum absolute atomic E-state index is 11.9. The Labute approximate surface area is 240 Å². The van der Waals surface area contributed by atoms with Crippen LogP contribution in [0.15, 0.2) is 64.0 Å². The van der Waals surface area contributed by atoms with Crippen LogP contribution in [0.2, 0.25) is 10.0 Å². The van der Waals surface area contributed by atoms with E-state index in [1.54, 1.807) is 12.1 Å². The van der Waals surface area contributed by atoms with Gasteiger partial charge in [-0.25, -0.2) is 4.99 Å². The van der Waals surface area contributed by atoms with E-state index in [2.05, 4.69) is 15.5 Å². The van der Waals surface area contributed by atoms with Gasteiger partial charge in [-0.3, -0.25) is 4.79 Å². The zero-order chi connectivity index (χ0) is 27.8. The molecule has 2 aromatic carbocycles. The standard InChI is InChI=1S/C30H37Cl2N5O2/c1-37(2)19-25-14-13-24(39-25)18-34-30(35-22-6-4-3-5-7-22)36-23-11-8-20(9-12-23)27(17-29(33)38)26-15-10-21(31)16-28(26)32/h8-16,22,27H,3-7,17-19H2,1-2H3,(H2,33,38)(H2,34,35,36). The van der Waals surface area contributed by atoms with Crippen LogP contribution < -0.4 is 16.4 Å². The van der Waals surface area contributed by atoms with Crippen molar-refractivity contribution in [2.75, 3.05) is 19.4 Å². The summed E-state index contributed by atoms with van der Waals surface area (Å²) in [6, 6.07) is 17.5. The second-order valence-electron chi connectivity index (χ2n) is 10.4. The van der Waals surface area contributed by atoms with Crippen LogP contribution in [0.1, 0.15) is 67.1 Å². The van der Waals surface area contributed by atoms with Gasteiger partial charge in [0.15, 0.2) is 5.96 Å². The number of anilines is 1. The molecule has 0 spiro atoms. The Morgan fingerprint density at radius 1 is 1.05 bits per heavy atom. The van der Waals surface area contributed by atoms with Crippen molar-refractivity contribution in [1.82, 2.24) is 10.2 Å². The fraction of sp³-hybridized carbons (Fsp3) is 0.400. The molecule has 0 aliphatic heterocycles. The number of furan rings is 1.